The van der Waals surface area contributed by atoms with E-state index in [-0.39, 0.29) is 0 Å². The zero-order valence-corrected chi connectivity index (χ0v) is 19.9. The molecule has 0 saturated heterocycles. The molecule has 0 aliphatic heterocycles. The standard InChI is InChI=1S/C14H28O2.C12H26/c1-2-3-4-5-6-7-8-9-10-11-12-13-14(15)16;1-3-5-7-9-11-12-10-8-6-4-2/h2-13H2,1H3,(H,15,16);3-12H2,1-2H3. The molecule has 2 heteroatoms. The van der Waals surface area contributed by atoms with Crippen LogP contribution in [0, 0.1) is 0 Å². The Balaban J connectivity index is 0. The Morgan fingerprint density at radius 2 is 0.643 bits per heavy atom. The van der Waals surface area contributed by atoms with Gasteiger partial charge in [0.1, 0.15) is 0 Å². The summed E-state index contributed by atoms with van der Waals surface area (Å²) in [6.45, 7) is 6.81. The van der Waals surface area contributed by atoms with Crippen LogP contribution in [0.3, 0.4) is 0 Å². The summed E-state index contributed by atoms with van der Waals surface area (Å²) in [5, 5.41) is 8.46. The van der Waals surface area contributed by atoms with E-state index in [1.807, 2.05) is 0 Å². The van der Waals surface area contributed by atoms with Gasteiger partial charge in [-0.3, -0.25) is 4.79 Å². The molecule has 0 spiro atoms. The second kappa shape index (κ2) is 28.7. The first-order chi connectivity index (χ1) is 13.7. The molecule has 2 nitrogen and oxygen atoms in total. The number of carboxylic acids is 1. The van der Waals surface area contributed by atoms with Crippen molar-refractivity contribution in [3.8, 4) is 0 Å². The van der Waals surface area contributed by atoms with Gasteiger partial charge in [-0.2, -0.15) is 0 Å². The fourth-order valence-corrected chi connectivity index (χ4v) is 3.50. The number of aliphatic carboxylic acids is 1. The van der Waals surface area contributed by atoms with Crippen LogP contribution in [-0.2, 0) is 4.79 Å². The van der Waals surface area contributed by atoms with Gasteiger partial charge in [-0.05, 0) is 6.42 Å². The molecule has 0 aromatic carbocycles. The van der Waals surface area contributed by atoms with Crippen LogP contribution in [0.1, 0.15) is 162 Å². The number of carbonyl (C=O) groups is 1. The lowest BCUT2D eigenvalue weighted by atomic mass is 10.1. The Morgan fingerprint density at radius 1 is 0.429 bits per heavy atom. The highest BCUT2D eigenvalue weighted by Gasteiger charge is 1.96. The van der Waals surface area contributed by atoms with Crippen LogP contribution in [0.2, 0.25) is 0 Å². The normalized spacial score (nSPS) is 10.5. The van der Waals surface area contributed by atoms with Gasteiger partial charge >= 0.3 is 5.97 Å². The van der Waals surface area contributed by atoms with Crippen molar-refractivity contribution < 1.29 is 9.90 Å². The van der Waals surface area contributed by atoms with E-state index in [1.165, 1.54) is 122 Å². The molecule has 0 aromatic heterocycles. The van der Waals surface area contributed by atoms with Gasteiger partial charge in [0.25, 0.3) is 0 Å². The van der Waals surface area contributed by atoms with Crippen molar-refractivity contribution in [3.63, 3.8) is 0 Å². The van der Waals surface area contributed by atoms with Crippen LogP contribution < -0.4 is 0 Å². The molecule has 1 N–H and O–H groups in total. The van der Waals surface area contributed by atoms with E-state index in [1.54, 1.807) is 0 Å². The summed E-state index contributed by atoms with van der Waals surface area (Å²) in [4.78, 5) is 10.3. The lowest BCUT2D eigenvalue weighted by molar-refractivity contribution is -0.137. The van der Waals surface area contributed by atoms with Crippen LogP contribution in [0.4, 0.5) is 0 Å². The molecule has 0 radical (unpaired) electrons. The predicted molar refractivity (Wildman–Crippen MR) is 126 cm³/mol. The third kappa shape index (κ3) is 33.1. The fourth-order valence-electron chi connectivity index (χ4n) is 3.50. The van der Waals surface area contributed by atoms with E-state index in [0.717, 1.165) is 12.8 Å². The first-order valence-electron chi connectivity index (χ1n) is 12.9. The van der Waals surface area contributed by atoms with E-state index >= 15 is 0 Å². The smallest absolute Gasteiger partial charge is 0.303 e. The molecule has 0 aliphatic rings. The molecule has 0 fully saturated rings. The summed E-state index contributed by atoms with van der Waals surface area (Å²) in [6.07, 6.45) is 28.8. The summed E-state index contributed by atoms with van der Waals surface area (Å²) >= 11 is 0. The lowest BCUT2D eigenvalue weighted by Crippen LogP contribution is -1.93. The van der Waals surface area contributed by atoms with Crippen molar-refractivity contribution in [1.82, 2.24) is 0 Å². The molecule has 0 aliphatic carbocycles. The highest BCUT2D eigenvalue weighted by Crippen LogP contribution is 2.12. The number of rotatable bonds is 21. The maximum absolute atomic E-state index is 10.3. The zero-order chi connectivity index (χ0) is 21.1. The van der Waals surface area contributed by atoms with Crippen molar-refractivity contribution in [2.75, 3.05) is 0 Å². The van der Waals surface area contributed by atoms with Gasteiger partial charge in [-0.25, -0.2) is 0 Å². The predicted octanol–water partition coefficient (Wildman–Crippen LogP) is 9.70. The molecular formula is C26H54O2. The van der Waals surface area contributed by atoms with E-state index in [9.17, 15) is 4.79 Å². The minimum absolute atomic E-state index is 0.344. The van der Waals surface area contributed by atoms with Crippen LogP contribution in [0.5, 0.6) is 0 Å². The topological polar surface area (TPSA) is 37.3 Å². The van der Waals surface area contributed by atoms with Crippen molar-refractivity contribution >= 4 is 5.97 Å². The van der Waals surface area contributed by atoms with Gasteiger partial charge < -0.3 is 5.11 Å². The highest BCUT2D eigenvalue weighted by atomic mass is 16.4. The fraction of sp³-hybridized carbons (Fsp3) is 0.962. The molecule has 0 unspecified atom stereocenters. The number of hydrogen-bond donors (Lipinski definition) is 1. The number of hydrogen-bond acceptors (Lipinski definition) is 1. The maximum atomic E-state index is 10.3. The molecule has 170 valence electrons. The second-order valence-corrected chi connectivity index (χ2v) is 8.51. The van der Waals surface area contributed by atoms with Gasteiger partial charge in [-0.15, -0.1) is 0 Å². The number of unbranched alkanes of at least 4 members (excludes halogenated alkanes) is 19. The van der Waals surface area contributed by atoms with Crippen molar-refractivity contribution in [3.05, 3.63) is 0 Å². The zero-order valence-electron chi connectivity index (χ0n) is 19.9. The van der Waals surface area contributed by atoms with Gasteiger partial charge in [-0.1, -0.05) is 149 Å². The quantitative estimate of drug-likeness (QED) is 0.195. The van der Waals surface area contributed by atoms with E-state index in [0.29, 0.717) is 6.42 Å². The molecule has 0 heterocycles. The molecular weight excluding hydrogens is 344 g/mol. The van der Waals surface area contributed by atoms with Crippen molar-refractivity contribution in [1.29, 1.82) is 0 Å². The summed E-state index contributed by atoms with van der Waals surface area (Å²) in [5.41, 5.74) is 0. The molecule has 0 amide bonds. The molecule has 0 rings (SSSR count). The van der Waals surface area contributed by atoms with Crippen LogP contribution in [-0.4, -0.2) is 11.1 Å². The molecule has 0 atom stereocenters. The third-order valence-corrected chi connectivity index (χ3v) is 5.45. The van der Waals surface area contributed by atoms with Crippen molar-refractivity contribution in [2.45, 2.75) is 162 Å². The van der Waals surface area contributed by atoms with E-state index in [2.05, 4.69) is 20.8 Å². The minimum Gasteiger partial charge on any atom is -0.481 e. The third-order valence-electron chi connectivity index (χ3n) is 5.45. The first kappa shape index (κ1) is 29.7. The lowest BCUT2D eigenvalue weighted by Gasteiger charge is -2.01. The Hall–Kier alpha value is -0.530. The molecule has 0 bridgehead atoms. The first-order valence-corrected chi connectivity index (χ1v) is 12.9. The summed E-state index contributed by atoms with van der Waals surface area (Å²) in [7, 11) is 0. The Labute approximate surface area is 178 Å². The average Bonchev–Trinajstić information content (AvgIpc) is 2.68. The summed E-state index contributed by atoms with van der Waals surface area (Å²) in [5.74, 6) is -0.657. The molecule has 0 aromatic rings. The monoisotopic (exact) mass is 398 g/mol. The van der Waals surface area contributed by atoms with Crippen LogP contribution in [0.25, 0.3) is 0 Å². The number of carboxylic acid groups (broad SMARTS) is 1. The SMILES string of the molecule is CCCCCCCCCCCC.CCCCCCCCCCCCCC(=O)O. The van der Waals surface area contributed by atoms with Gasteiger partial charge in [0.15, 0.2) is 0 Å². The molecule has 0 saturated carbocycles. The molecule has 28 heavy (non-hydrogen) atoms. The Bertz CT molecular complexity index is 266. The average molecular weight is 399 g/mol. The van der Waals surface area contributed by atoms with Gasteiger partial charge in [0.05, 0.1) is 0 Å². The maximum Gasteiger partial charge on any atom is 0.303 e. The van der Waals surface area contributed by atoms with Crippen molar-refractivity contribution in [2.24, 2.45) is 0 Å². The summed E-state index contributed by atoms with van der Waals surface area (Å²) < 4.78 is 0. The van der Waals surface area contributed by atoms with Gasteiger partial charge in [0.2, 0.25) is 0 Å². The van der Waals surface area contributed by atoms with E-state index in [4.69, 9.17) is 5.11 Å². The van der Waals surface area contributed by atoms with Gasteiger partial charge in [0, 0.05) is 6.42 Å². The second-order valence-electron chi connectivity index (χ2n) is 8.51. The summed E-state index contributed by atoms with van der Waals surface area (Å²) in [6, 6.07) is 0. The Morgan fingerprint density at radius 3 is 0.857 bits per heavy atom. The minimum atomic E-state index is -0.657. The van der Waals surface area contributed by atoms with Crippen LogP contribution >= 0.6 is 0 Å². The Kier molecular flexibility index (Phi) is 30.4. The van der Waals surface area contributed by atoms with Crippen LogP contribution in [0.15, 0.2) is 0 Å². The highest BCUT2D eigenvalue weighted by molar-refractivity contribution is 5.66. The largest absolute Gasteiger partial charge is 0.481 e. The van der Waals surface area contributed by atoms with E-state index < -0.39 is 5.97 Å².